The molecule has 0 saturated carbocycles. The molecule has 86 valence electrons. The van der Waals surface area contributed by atoms with Crippen molar-refractivity contribution in [3.63, 3.8) is 0 Å². The summed E-state index contributed by atoms with van der Waals surface area (Å²) in [6.07, 6.45) is 13.0. The number of thioether (sulfide) groups is 1. The third kappa shape index (κ3) is 4.20. The minimum atomic E-state index is 0.901. The van der Waals surface area contributed by atoms with Crippen LogP contribution < -0.4 is 5.32 Å². The normalized spacial score (nSPS) is 31.7. The highest BCUT2D eigenvalue weighted by atomic mass is 32.2. The Kier molecular flexibility index (Phi) is 5.07. The fraction of sp³-hybridized carbons (Fsp3) is 0.846. The standard InChI is InChI=1S/C13H23NS/c1-2-6-12(7-3-1)10-14-11-13-8-4-5-9-15-13/h1-2,12-14H,3-11H2. The van der Waals surface area contributed by atoms with Crippen LogP contribution in [-0.2, 0) is 0 Å². The van der Waals surface area contributed by atoms with Gasteiger partial charge in [-0.05, 0) is 50.3 Å². The van der Waals surface area contributed by atoms with E-state index < -0.39 is 0 Å². The quantitative estimate of drug-likeness (QED) is 0.737. The van der Waals surface area contributed by atoms with Gasteiger partial charge in [-0.2, -0.15) is 11.8 Å². The van der Waals surface area contributed by atoms with Gasteiger partial charge in [-0.25, -0.2) is 0 Å². The van der Waals surface area contributed by atoms with Gasteiger partial charge in [0.25, 0.3) is 0 Å². The maximum Gasteiger partial charge on any atom is 0.0172 e. The largest absolute Gasteiger partial charge is 0.315 e. The average Bonchev–Trinajstić information content (AvgIpc) is 2.32. The van der Waals surface area contributed by atoms with E-state index in [1.54, 1.807) is 0 Å². The lowest BCUT2D eigenvalue weighted by Crippen LogP contribution is -2.31. The molecule has 1 aliphatic carbocycles. The van der Waals surface area contributed by atoms with Gasteiger partial charge in [-0.1, -0.05) is 18.6 Å². The number of rotatable bonds is 4. The van der Waals surface area contributed by atoms with Crippen LogP contribution >= 0.6 is 11.8 Å². The highest BCUT2D eigenvalue weighted by molar-refractivity contribution is 7.99. The Morgan fingerprint density at radius 1 is 1.13 bits per heavy atom. The second-order valence-electron chi connectivity index (χ2n) is 4.80. The zero-order valence-electron chi connectivity index (χ0n) is 9.58. The predicted octanol–water partition coefficient (Wildman–Crippen LogP) is 3.22. The lowest BCUT2D eigenvalue weighted by atomic mass is 9.94. The molecule has 2 heteroatoms. The van der Waals surface area contributed by atoms with Crippen molar-refractivity contribution in [1.82, 2.24) is 5.32 Å². The summed E-state index contributed by atoms with van der Waals surface area (Å²) in [6.45, 7) is 2.48. The second-order valence-corrected chi connectivity index (χ2v) is 6.21. The SMILES string of the molecule is C1=CCC(CNCC2CCCCS2)CC1. The first-order valence-electron chi connectivity index (χ1n) is 6.42. The number of allylic oxidation sites excluding steroid dienone is 2. The van der Waals surface area contributed by atoms with Crippen molar-refractivity contribution in [1.29, 1.82) is 0 Å². The molecule has 1 fully saturated rings. The van der Waals surface area contributed by atoms with Crippen LogP contribution in [0.4, 0.5) is 0 Å². The van der Waals surface area contributed by atoms with Crippen LogP contribution in [0.5, 0.6) is 0 Å². The van der Waals surface area contributed by atoms with Crippen LogP contribution in [0.15, 0.2) is 12.2 Å². The first kappa shape index (κ1) is 11.5. The van der Waals surface area contributed by atoms with E-state index >= 15 is 0 Å². The third-order valence-electron chi connectivity index (χ3n) is 3.46. The van der Waals surface area contributed by atoms with Crippen LogP contribution in [0.25, 0.3) is 0 Å². The van der Waals surface area contributed by atoms with E-state index in [2.05, 4.69) is 29.2 Å². The van der Waals surface area contributed by atoms with Crippen LogP contribution in [0, 0.1) is 5.92 Å². The molecule has 1 heterocycles. The summed E-state index contributed by atoms with van der Waals surface area (Å²) in [5, 5.41) is 4.57. The second kappa shape index (κ2) is 6.59. The molecule has 0 aromatic carbocycles. The summed E-state index contributed by atoms with van der Waals surface area (Å²) < 4.78 is 0. The summed E-state index contributed by atoms with van der Waals surface area (Å²) in [7, 11) is 0. The Balaban J connectivity index is 1.55. The molecule has 0 spiro atoms. The van der Waals surface area contributed by atoms with Gasteiger partial charge in [0.1, 0.15) is 0 Å². The van der Waals surface area contributed by atoms with E-state index in [1.807, 2.05) is 0 Å². The van der Waals surface area contributed by atoms with Crippen LogP contribution in [-0.4, -0.2) is 24.1 Å². The van der Waals surface area contributed by atoms with Gasteiger partial charge in [-0.15, -0.1) is 0 Å². The summed E-state index contributed by atoms with van der Waals surface area (Å²) in [6, 6.07) is 0. The molecule has 15 heavy (non-hydrogen) atoms. The van der Waals surface area contributed by atoms with Crippen molar-refractivity contribution in [2.45, 2.75) is 43.8 Å². The van der Waals surface area contributed by atoms with Crippen molar-refractivity contribution in [2.75, 3.05) is 18.8 Å². The van der Waals surface area contributed by atoms with E-state index in [9.17, 15) is 0 Å². The molecule has 2 unspecified atom stereocenters. The summed E-state index contributed by atoms with van der Waals surface area (Å²) in [5.41, 5.74) is 0. The molecule has 1 N–H and O–H groups in total. The molecule has 0 radical (unpaired) electrons. The van der Waals surface area contributed by atoms with Crippen LogP contribution in [0.2, 0.25) is 0 Å². The Morgan fingerprint density at radius 3 is 2.87 bits per heavy atom. The molecule has 1 nitrogen and oxygen atoms in total. The first-order valence-corrected chi connectivity index (χ1v) is 7.47. The fourth-order valence-corrected chi connectivity index (χ4v) is 3.73. The van der Waals surface area contributed by atoms with Crippen molar-refractivity contribution in [3.8, 4) is 0 Å². The summed E-state index contributed by atoms with van der Waals surface area (Å²) in [5.74, 6) is 2.29. The van der Waals surface area contributed by atoms with Gasteiger partial charge >= 0.3 is 0 Å². The smallest absolute Gasteiger partial charge is 0.0172 e. The van der Waals surface area contributed by atoms with Gasteiger partial charge in [0, 0.05) is 11.8 Å². The molecule has 0 bridgehead atoms. The molecule has 0 aromatic rings. The lowest BCUT2D eigenvalue weighted by Gasteiger charge is -2.23. The number of hydrogen-bond donors (Lipinski definition) is 1. The number of hydrogen-bond acceptors (Lipinski definition) is 2. The lowest BCUT2D eigenvalue weighted by molar-refractivity contribution is 0.437. The van der Waals surface area contributed by atoms with Crippen molar-refractivity contribution >= 4 is 11.8 Å². The zero-order chi connectivity index (χ0) is 10.3. The molecule has 2 aliphatic rings. The van der Waals surface area contributed by atoms with E-state index in [4.69, 9.17) is 0 Å². The monoisotopic (exact) mass is 225 g/mol. The predicted molar refractivity (Wildman–Crippen MR) is 69.4 cm³/mol. The van der Waals surface area contributed by atoms with Gasteiger partial charge in [-0.3, -0.25) is 0 Å². The highest BCUT2D eigenvalue weighted by Gasteiger charge is 2.14. The maximum absolute atomic E-state index is 3.67. The Labute approximate surface area is 98.1 Å². The minimum Gasteiger partial charge on any atom is -0.315 e. The molecular formula is C13H23NS. The molecule has 1 aliphatic heterocycles. The van der Waals surface area contributed by atoms with E-state index in [1.165, 1.54) is 57.4 Å². The molecule has 2 atom stereocenters. The topological polar surface area (TPSA) is 12.0 Å². The first-order chi connectivity index (χ1) is 7.45. The van der Waals surface area contributed by atoms with Crippen molar-refractivity contribution in [3.05, 3.63) is 12.2 Å². The third-order valence-corrected chi connectivity index (χ3v) is 4.85. The Hall–Kier alpha value is 0.0500. The van der Waals surface area contributed by atoms with E-state index in [-0.39, 0.29) is 0 Å². The molecule has 0 amide bonds. The molecule has 0 aromatic heterocycles. The van der Waals surface area contributed by atoms with Gasteiger partial charge < -0.3 is 5.32 Å². The summed E-state index contributed by atoms with van der Waals surface area (Å²) in [4.78, 5) is 0. The summed E-state index contributed by atoms with van der Waals surface area (Å²) >= 11 is 2.17. The fourth-order valence-electron chi connectivity index (χ4n) is 2.46. The average molecular weight is 225 g/mol. The van der Waals surface area contributed by atoms with Crippen molar-refractivity contribution < 1.29 is 0 Å². The maximum atomic E-state index is 3.67. The minimum absolute atomic E-state index is 0.901. The van der Waals surface area contributed by atoms with Gasteiger partial charge in [0.2, 0.25) is 0 Å². The van der Waals surface area contributed by atoms with E-state index in [0.717, 1.165) is 11.2 Å². The van der Waals surface area contributed by atoms with E-state index in [0.29, 0.717) is 0 Å². The van der Waals surface area contributed by atoms with Gasteiger partial charge in [0.15, 0.2) is 0 Å². The van der Waals surface area contributed by atoms with Gasteiger partial charge in [0.05, 0.1) is 0 Å². The van der Waals surface area contributed by atoms with Crippen molar-refractivity contribution in [2.24, 2.45) is 5.92 Å². The molecule has 2 rings (SSSR count). The Morgan fingerprint density at radius 2 is 2.13 bits per heavy atom. The number of nitrogens with one attached hydrogen (secondary N) is 1. The zero-order valence-corrected chi connectivity index (χ0v) is 10.4. The molecule has 1 saturated heterocycles. The molecular weight excluding hydrogens is 202 g/mol. The Bertz CT molecular complexity index is 197. The highest BCUT2D eigenvalue weighted by Crippen LogP contribution is 2.24. The van der Waals surface area contributed by atoms with Crippen LogP contribution in [0.1, 0.15) is 38.5 Å². The van der Waals surface area contributed by atoms with Crippen LogP contribution in [0.3, 0.4) is 0 Å².